The highest BCUT2D eigenvalue weighted by atomic mass is 35.5. The number of nitrogens with zero attached hydrogens (tertiary/aromatic N) is 2. The maximum atomic E-state index is 5.70. The third-order valence-corrected chi connectivity index (χ3v) is 2.28. The van der Waals surface area contributed by atoms with E-state index in [9.17, 15) is 0 Å². The minimum atomic E-state index is 0.542. The molecule has 1 heterocycles. The van der Waals surface area contributed by atoms with E-state index in [-0.39, 0.29) is 0 Å². The van der Waals surface area contributed by atoms with Crippen LogP contribution in [0, 0.1) is 0 Å². The lowest BCUT2D eigenvalue weighted by Gasteiger charge is -2.00. The van der Waals surface area contributed by atoms with E-state index < -0.39 is 0 Å². The normalized spacial score (nSPS) is 10.1. The van der Waals surface area contributed by atoms with Gasteiger partial charge in [0.2, 0.25) is 0 Å². The van der Waals surface area contributed by atoms with Gasteiger partial charge in [0, 0.05) is 23.8 Å². The van der Waals surface area contributed by atoms with Crippen LogP contribution in [0.2, 0.25) is 0 Å². The zero-order valence-corrected chi connectivity index (χ0v) is 8.28. The zero-order chi connectivity index (χ0) is 9.80. The molecule has 0 saturated heterocycles. The van der Waals surface area contributed by atoms with Crippen molar-refractivity contribution in [2.75, 3.05) is 0 Å². The zero-order valence-electron chi connectivity index (χ0n) is 7.52. The molecule has 0 saturated carbocycles. The lowest BCUT2D eigenvalue weighted by atomic mass is 10.1. The van der Waals surface area contributed by atoms with Gasteiger partial charge in [-0.3, -0.25) is 9.97 Å². The summed E-state index contributed by atoms with van der Waals surface area (Å²) in [6, 6.07) is 8.00. The molecule has 14 heavy (non-hydrogen) atoms. The molecule has 0 aliphatic heterocycles. The second-order valence-electron chi connectivity index (χ2n) is 2.92. The number of benzene rings is 1. The topological polar surface area (TPSA) is 25.8 Å². The van der Waals surface area contributed by atoms with Gasteiger partial charge in [0.15, 0.2) is 0 Å². The molecule has 1 aromatic heterocycles. The van der Waals surface area contributed by atoms with E-state index in [1.807, 2.05) is 24.3 Å². The maximum absolute atomic E-state index is 5.70. The first-order valence-corrected chi connectivity index (χ1v) is 4.85. The maximum Gasteiger partial charge on any atom is 0.0885 e. The van der Waals surface area contributed by atoms with E-state index in [0.29, 0.717) is 5.88 Å². The molecule has 2 rings (SSSR count). The quantitative estimate of drug-likeness (QED) is 0.703. The Balaban J connectivity index is 2.34. The van der Waals surface area contributed by atoms with E-state index in [1.165, 1.54) is 0 Å². The largest absolute Gasteiger partial charge is 0.261 e. The number of rotatable bonds is 2. The van der Waals surface area contributed by atoms with Crippen molar-refractivity contribution in [2.24, 2.45) is 0 Å². The average Bonchev–Trinajstić information content (AvgIpc) is 2.30. The average molecular weight is 205 g/mol. The molecule has 2 aromatic rings. The number of hydrogen-bond donors (Lipinski definition) is 0. The fraction of sp³-hybridized carbons (Fsp3) is 0.0909. The summed E-state index contributed by atoms with van der Waals surface area (Å²) in [5.74, 6) is 0.542. The van der Waals surface area contributed by atoms with Crippen molar-refractivity contribution in [3.05, 3.63) is 48.4 Å². The smallest absolute Gasteiger partial charge is 0.0885 e. The summed E-state index contributed by atoms with van der Waals surface area (Å²) in [6.07, 6.45) is 5.09. The molecule has 0 aliphatic rings. The predicted molar refractivity (Wildman–Crippen MR) is 57.0 cm³/mol. The Morgan fingerprint density at radius 1 is 1.07 bits per heavy atom. The highest BCUT2D eigenvalue weighted by molar-refractivity contribution is 6.17. The molecule has 0 aliphatic carbocycles. The first-order valence-electron chi connectivity index (χ1n) is 4.31. The predicted octanol–water partition coefficient (Wildman–Crippen LogP) is 2.88. The summed E-state index contributed by atoms with van der Waals surface area (Å²) in [5, 5.41) is 0. The van der Waals surface area contributed by atoms with Crippen LogP contribution in [0.5, 0.6) is 0 Å². The molecule has 0 atom stereocenters. The van der Waals surface area contributed by atoms with Crippen LogP contribution < -0.4 is 0 Å². The Labute approximate surface area is 87.6 Å². The van der Waals surface area contributed by atoms with E-state index >= 15 is 0 Å². The lowest BCUT2D eigenvalue weighted by Crippen LogP contribution is -1.84. The molecule has 0 unspecified atom stereocenters. The molecule has 3 heteroatoms. The van der Waals surface area contributed by atoms with Gasteiger partial charge in [-0.1, -0.05) is 24.3 Å². The molecule has 0 spiro atoms. The molecule has 1 aromatic carbocycles. The first kappa shape index (κ1) is 9.16. The van der Waals surface area contributed by atoms with E-state index in [0.717, 1.165) is 16.8 Å². The van der Waals surface area contributed by atoms with Crippen molar-refractivity contribution in [3.8, 4) is 11.3 Å². The second-order valence-corrected chi connectivity index (χ2v) is 3.19. The van der Waals surface area contributed by atoms with Gasteiger partial charge in [-0.05, 0) is 5.56 Å². The molecule has 0 N–H and O–H groups in total. The van der Waals surface area contributed by atoms with Crippen molar-refractivity contribution < 1.29 is 0 Å². The van der Waals surface area contributed by atoms with Crippen LogP contribution in [-0.2, 0) is 5.88 Å². The second kappa shape index (κ2) is 4.20. The summed E-state index contributed by atoms with van der Waals surface area (Å²) in [5.41, 5.74) is 3.06. The lowest BCUT2D eigenvalue weighted by molar-refractivity contribution is 1.20. The van der Waals surface area contributed by atoms with E-state index in [4.69, 9.17) is 11.6 Å². The van der Waals surface area contributed by atoms with Crippen LogP contribution in [0.15, 0.2) is 42.9 Å². The third kappa shape index (κ3) is 1.91. The van der Waals surface area contributed by atoms with Gasteiger partial charge >= 0.3 is 0 Å². The van der Waals surface area contributed by atoms with Gasteiger partial charge in [0.25, 0.3) is 0 Å². The number of alkyl halides is 1. The summed E-state index contributed by atoms with van der Waals surface area (Å²) in [4.78, 5) is 8.22. The summed E-state index contributed by atoms with van der Waals surface area (Å²) < 4.78 is 0. The van der Waals surface area contributed by atoms with Gasteiger partial charge in [0.05, 0.1) is 11.9 Å². The van der Waals surface area contributed by atoms with Crippen LogP contribution in [0.4, 0.5) is 0 Å². The Kier molecular flexibility index (Phi) is 2.75. The van der Waals surface area contributed by atoms with Crippen LogP contribution in [-0.4, -0.2) is 9.97 Å². The van der Waals surface area contributed by atoms with Crippen molar-refractivity contribution >= 4 is 11.6 Å². The highest BCUT2D eigenvalue weighted by Crippen LogP contribution is 2.16. The van der Waals surface area contributed by atoms with Crippen molar-refractivity contribution in [1.82, 2.24) is 9.97 Å². The standard InChI is InChI=1S/C11H9ClN2/c12-7-9-1-3-10(4-2-9)11-8-13-5-6-14-11/h1-6,8H,7H2. The van der Waals surface area contributed by atoms with Gasteiger partial charge < -0.3 is 0 Å². The number of hydrogen-bond acceptors (Lipinski definition) is 2. The SMILES string of the molecule is ClCc1ccc(-c2cnccn2)cc1. The molecule has 0 bridgehead atoms. The summed E-state index contributed by atoms with van der Waals surface area (Å²) >= 11 is 5.70. The van der Waals surface area contributed by atoms with Gasteiger partial charge in [0.1, 0.15) is 0 Å². The molecule has 0 amide bonds. The summed E-state index contributed by atoms with van der Waals surface area (Å²) in [6.45, 7) is 0. The van der Waals surface area contributed by atoms with Crippen molar-refractivity contribution in [2.45, 2.75) is 5.88 Å². The first-order chi connectivity index (χ1) is 6.90. The van der Waals surface area contributed by atoms with E-state index in [1.54, 1.807) is 18.6 Å². The van der Waals surface area contributed by atoms with Crippen LogP contribution in [0.3, 0.4) is 0 Å². The highest BCUT2D eigenvalue weighted by Gasteiger charge is 1.97. The van der Waals surface area contributed by atoms with Gasteiger partial charge in [-0.15, -0.1) is 11.6 Å². The monoisotopic (exact) mass is 204 g/mol. The van der Waals surface area contributed by atoms with Gasteiger partial charge in [-0.25, -0.2) is 0 Å². The fourth-order valence-corrected chi connectivity index (χ4v) is 1.39. The molecule has 0 radical (unpaired) electrons. The molecular formula is C11H9ClN2. The van der Waals surface area contributed by atoms with Crippen LogP contribution in [0.1, 0.15) is 5.56 Å². The Morgan fingerprint density at radius 2 is 1.86 bits per heavy atom. The molecule has 70 valence electrons. The molecule has 0 fully saturated rings. The van der Waals surface area contributed by atoms with E-state index in [2.05, 4.69) is 9.97 Å². The molecular weight excluding hydrogens is 196 g/mol. The number of halogens is 1. The molecule has 2 nitrogen and oxygen atoms in total. The minimum Gasteiger partial charge on any atom is -0.261 e. The van der Waals surface area contributed by atoms with Crippen molar-refractivity contribution in [1.29, 1.82) is 0 Å². The summed E-state index contributed by atoms with van der Waals surface area (Å²) in [7, 11) is 0. The Hall–Kier alpha value is -1.41. The Bertz CT molecular complexity index is 397. The van der Waals surface area contributed by atoms with Crippen LogP contribution in [0.25, 0.3) is 11.3 Å². The fourth-order valence-electron chi connectivity index (χ4n) is 1.21. The van der Waals surface area contributed by atoms with Crippen LogP contribution >= 0.6 is 11.6 Å². The Morgan fingerprint density at radius 3 is 2.43 bits per heavy atom. The third-order valence-electron chi connectivity index (χ3n) is 1.97. The van der Waals surface area contributed by atoms with Gasteiger partial charge in [-0.2, -0.15) is 0 Å². The number of aromatic nitrogens is 2. The minimum absolute atomic E-state index is 0.542. The van der Waals surface area contributed by atoms with Crippen molar-refractivity contribution in [3.63, 3.8) is 0 Å².